The highest BCUT2D eigenvalue weighted by atomic mass is 35.5. The highest BCUT2D eigenvalue weighted by Gasteiger charge is 2.21. The van der Waals surface area contributed by atoms with Crippen molar-refractivity contribution in [2.45, 2.75) is 12.5 Å². The Kier molecular flexibility index (Phi) is 4.42. The molecule has 0 bridgehead atoms. The quantitative estimate of drug-likeness (QED) is 0.888. The van der Waals surface area contributed by atoms with Crippen molar-refractivity contribution in [3.05, 3.63) is 59.0 Å². The number of carboxylic acids is 1. The second kappa shape index (κ2) is 6.25. The van der Waals surface area contributed by atoms with Crippen LogP contribution >= 0.6 is 11.6 Å². The van der Waals surface area contributed by atoms with Gasteiger partial charge in [0.25, 0.3) is 5.91 Å². The SMILES string of the molecule is O=C(O)CC(NC(=O)c1ccc(Cl)cc1)c1ccco1. The molecule has 1 atom stereocenters. The number of benzene rings is 1. The summed E-state index contributed by atoms with van der Waals surface area (Å²) in [6, 6.07) is 8.86. The van der Waals surface area contributed by atoms with Gasteiger partial charge in [-0.3, -0.25) is 9.59 Å². The van der Waals surface area contributed by atoms with E-state index in [0.29, 0.717) is 16.3 Å². The van der Waals surface area contributed by atoms with Crippen molar-refractivity contribution in [3.8, 4) is 0 Å². The molecule has 104 valence electrons. The number of amides is 1. The molecule has 2 rings (SSSR count). The molecule has 5 nitrogen and oxygen atoms in total. The first-order valence-corrected chi connectivity index (χ1v) is 6.25. The van der Waals surface area contributed by atoms with Crippen LogP contribution in [0.25, 0.3) is 0 Å². The summed E-state index contributed by atoms with van der Waals surface area (Å²) in [5, 5.41) is 12.0. The van der Waals surface area contributed by atoms with Crippen molar-refractivity contribution >= 4 is 23.5 Å². The van der Waals surface area contributed by atoms with Crippen LogP contribution in [0.3, 0.4) is 0 Å². The van der Waals surface area contributed by atoms with Crippen molar-refractivity contribution in [3.63, 3.8) is 0 Å². The Labute approximate surface area is 120 Å². The summed E-state index contributed by atoms with van der Waals surface area (Å²) >= 11 is 5.75. The number of hydrogen-bond donors (Lipinski definition) is 2. The van der Waals surface area contributed by atoms with E-state index in [1.807, 2.05) is 0 Å². The molecule has 20 heavy (non-hydrogen) atoms. The van der Waals surface area contributed by atoms with E-state index in [4.69, 9.17) is 21.1 Å². The van der Waals surface area contributed by atoms with Crippen LogP contribution in [0, 0.1) is 0 Å². The zero-order valence-corrected chi connectivity index (χ0v) is 11.1. The molecule has 1 unspecified atom stereocenters. The molecule has 1 aromatic carbocycles. The number of carboxylic acid groups (broad SMARTS) is 1. The number of carbonyl (C=O) groups is 2. The third-order valence-corrected chi connectivity index (χ3v) is 2.93. The Morgan fingerprint density at radius 3 is 2.50 bits per heavy atom. The minimum Gasteiger partial charge on any atom is -0.481 e. The molecule has 0 aliphatic rings. The Hall–Kier alpha value is -2.27. The van der Waals surface area contributed by atoms with Crippen LogP contribution in [-0.4, -0.2) is 17.0 Å². The average Bonchev–Trinajstić information content (AvgIpc) is 2.92. The minimum absolute atomic E-state index is 0.257. The smallest absolute Gasteiger partial charge is 0.305 e. The fourth-order valence-corrected chi connectivity index (χ4v) is 1.86. The van der Waals surface area contributed by atoms with Gasteiger partial charge in [-0.1, -0.05) is 11.6 Å². The third-order valence-electron chi connectivity index (χ3n) is 2.68. The topological polar surface area (TPSA) is 79.5 Å². The summed E-state index contributed by atoms with van der Waals surface area (Å²) in [6.45, 7) is 0. The van der Waals surface area contributed by atoms with Gasteiger partial charge in [-0.2, -0.15) is 0 Å². The molecule has 1 amide bonds. The second-order valence-corrected chi connectivity index (χ2v) is 4.58. The number of halogens is 1. The fourth-order valence-electron chi connectivity index (χ4n) is 1.73. The average molecular weight is 294 g/mol. The number of hydrogen-bond acceptors (Lipinski definition) is 3. The molecule has 0 saturated heterocycles. The van der Waals surface area contributed by atoms with Crippen LogP contribution in [0.15, 0.2) is 47.1 Å². The van der Waals surface area contributed by atoms with Gasteiger partial charge in [-0.05, 0) is 36.4 Å². The van der Waals surface area contributed by atoms with Crippen LogP contribution in [0.5, 0.6) is 0 Å². The van der Waals surface area contributed by atoms with Crippen molar-refractivity contribution < 1.29 is 19.1 Å². The van der Waals surface area contributed by atoms with Crippen LogP contribution < -0.4 is 5.32 Å². The van der Waals surface area contributed by atoms with E-state index >= 15 is 0 Å². The standard InChI is InChI=1S/C14H12ClNO4/c15-10-5-3-9(4-6-10)14(19)16-11(8-13(17)18)12-2-1-7-20-12/h1-7,11H,8H2,(H,16,19)(H,17,18). The number of rotatable bonds is 5. The number of aliphatic carboxylic acids is 1. The zero-order valence-electron chi connectivity index (χ0n) is 10.4. The maximum atomic E-state index is 12.1. The summed E-state index contributed by atoms with van der Waals surface area (Å²) in [4.78, 5) is 22.9. The normalized spacial score (nSPS) is 11.8. The fraction of sp³-hybridized carbons (Fsp3) is 0.143. The minimum atomic E-state index is -1.03. The lowest BCUT2D eigenvalue weighted by atomic mass is 10.1. The predicted molar refractivity (Wildman–Crippen MR) is 72.6 cm³/mol. The molecule has 0 radical (unpaired) electrons. The lowest BCUT2D eigenvalue weighted by Gasteiger charge is -2.14. The van der Waals surface area contributed by atoms with Crippen LogP contribution in [0.1, 0.15) is 28.6 Å². The molecule has 0 aliphatic heterocycles. The van der Waals surface area contributed by atoms with Gasteiger partial charge < -0.3 is 14.8 Å². The van der Waals surface area contributed by atoms with E-state index in [0.717, 1.165) is 0 Å². The van der Waals surface area contributed by atoms with E-state index in [1.54, 1.807) is 36.4 Å². The molecule has 1 heterocycles. The highest BCUT2D eigenvalue weighted by molar-refractivity contribution is 6.30. The highest BCUT2D eigenvalue weighted by Crippen LogP contribution is 2.18. The summed E-state index contributed by atoms with van der Waals surface area (Å²) in [7, 11) is 0. The van der Waals surface area contributed by atoms with Crippen molar-refractivity contribution in [2.75, 3.05) is 0 Å². The maximum Gasteiger partial charge on any atom is 0.305 e. The first kappa shape index (κ1) is 14.1. The first-order valence-electron chi connectivity index (χ1n) is 5.88. The van der Waals surface area contributed by atoms with Gasteiger partial charge in [-0.15, -0.1) is 0 Å². The molecule has 2 N–H and O–H groups in total. The first-order chi connectivity index (χ1) is 9.56. The Morgan fingerprint density at radius 1 is 1.25 bits per heavy atom. The van der Waals surface area contributed by atoms with E-state index in [1.165, 1.54) is 6.26 Å². The van der Waals surface area contributed by atoms with Crippen LogP contribution in [0.4, 0.5) is 0 Å². The van der Waals surface area contributed by atoms with E-state index < -0.39 is 12.0 Å². The van der Waals surface area contributed by atoms with Gasteiger partial charge in [-0.25, -0.2) is 0 Å². The summed E-state index contributed by atoms with van der Waals surface area (Å²) in [5.74, 6) is -1.01. The van der Waals surface area contributed by atoms with Crippen LogP contribution in [0.2, 0.25) is 5.02 Å². The molecular weight excluding hydrogens is 282 g/mol. The number of nitrogens with one attached hydrogen (secondary N) is 1. The van der Waals surface area contributed by atoms with E-state index in [2.05, 4.69) is 5.32 Å². The van der Waals surface area contributed by atoms with Crippen LogP contribution in [-0.2, 0) is 4.79 Å². The third kappa shape index (κ3) is 3.61. The Bertz CT molecular complexity index is 592. The largest absolute Gasteiger partial charge is 0.481 e. The predicted octanol–water partition coefficient (Wildman–Crippen LogP) is 2.88. The van der Waals surface area contributed by atoms with E-state index in [-0.39, 0.29) is 12.3 Å². The lowest BCUT2D eigenvalue weighted by Crippen LogP contribution is -2.29. The monoisotopic (exact) mass is 293 g/mol. The van der Waals surface area contributed by atoms with Crippen molar-refractivity contribution in [2.24, 2.45) is 0 Å². The summed E-state index contributed by atoms with van der Waals surface area (Å²) in [5.41, 5.74) is 0.399. The number of furan rings is 1. The molecule has 6 heteroatoms. The summed E-state index contributed by atoms with van der Waals surface area (Å²) < 4.78 is 5.15. The van der Waals surface area contributed by atoms with Crippen molar-refractivity contribution in [1.29, 1.82) is 0 Å². The van der Waals surface area contributed by atoms with Gasteiger partial charge in [0.05, 0.1) is 18.7 Å². The molecule has 0 fully saturated rings. The van der Waals surface area contributed by atoms with Gasteiger partial charge in [0.15, 0.2) is 0 Å². The van der Waals surface area contributed by atoms with Gasteiger partial charge in [0.2, 0.25) is 0 Å². The van der Waals surface area contributed by atoms with E-state index in [9.17, 15) is 9.59 Å². The molecule has 1 aromatic heterocycles. The maximum absolute atomic E-state index is 12.1. The zero-order chi connectivity index (χ0) is 14.5. The van der Waals surface area contributed by atoms with Gasteiger partial charge >= 0.3 is 5.97 Å². The van der Waals surface area contributed by atoms with Crippen molar-refractivity contribution in [1.82, 2.24) is 5.32 Å². The van der Waals surface area contributed by atoms with Gasteiger partial charge in [0, 0.05) is 10.6 Å². The Morgan fingerprint density at radius 2 is 1.95 bits per heavy atom. The van der Waals surface area contributed by atoms with Gasteiger partial charge in [0.1, 0.15) is 5.76 Å². The molecule has 0 saturated carbocycles. The molecule has 2 aromatic rings. The molecule has 0 spiro atoms. The lowest BCUT2D eigenvalue weighted by molar-refractivity contribution is -0.137. The Balaban J connectivity index is 2.13. The molecule has 0 aliphatic carbocycles. The number of carbonyl (C=O) groups excluding carboxylic acids is 1. The summed E-state index contributed by atoms with van der Waals surface area (Å²) in [6.07, 6.45) is 1.17. The second-order valence-electron chi connectivity index (χ2n) is 4.15. The molecular formula is C14H12ClNO4.